The van der Waals surface area contributed by atoms with Crippen molar-refractivity contribution in [2.75, 3.05) is 0 Å². The molecule has 1 saturated heterocycles. The molecule has 0 bridgehead atoms. The van der Waals surface area contributed by atoms with Crippen molar-refractivity contribution in [3.8, 4) is 22.9 Å². The van der Waals surface area contributed by atoms with Gasteiger partial charge < -0.3 is 9.26 Å². The average molecular weight is 545 g/mol. The van der Waals surface area contributed by atoms with Crippen LogP contribution in [0.25, 0.3) is 11.4 Å². The minimum atomic E-state index is -4.94. The van der Waals surface area contributed by atoms with Crippen LogP contribution in [0.2, 0.25) is 0 Å². The van der Waals surface area contributed by atoms with Crippen molar-refractivity contribution in [3.05, 3.63) is 53.9 Å². The highest BCUT2D eigenvalue weighted by molar-refractivity contribution is 8.00. The second kappa shape index (κ2) is 9.39. The lowest BCUT2D eigenvalue weighted by Gasteiger charge is -2.17. The number of para-hydroxylation sites is 1. The van der Waals surface area contributed by atoms with E-state index in [2.05, 4.69) is 10.1 Å². The van der Waals surface area contributed by atoms with E-state index in [1.807, 2.05) is 0 Å². The molecule has 1 aromatic heterocycles. The van der Waals surface area contributed by atoms with Crippen LogP contribution in [0.4, 0.5) is 26.3 Å². The normalized spacial score (nSPS) is 15.9. The van der Waals surface area contributed by atoms with Gasteiger partial charge in [-0.3, -0.25) is 14.5 Å². The van der Waals surface area contributed by atoms with Crippen molar-refractivity contribution in [1.82, 2.24) is 15.0 Å². The van der Waals surface area contributed by atoms with Gasteiger partial charge in [0.2, 0.25) is 23.5 Å². The third kappa shape index (κ3) is 5.89. The van der Waals surface area contributed by atoms with E-state index in [0.29, 0.717) is 6.07 Å². The summed E-state index contributed by atoms with van der Waals surface area (Å²) in [5.41, 5.74) is -6.98. The van der Waals surface area contributed by atoms with Crippen LogP contribution < -0.4 is 4.74 Å². The monoisotopic (exact) mass is 545 g/mol. The van der Waals surface area contributed by atoms with Gasteiger partial charge in [0.05, 0.1) is 15.9 Å². The minimum Gasteiger partial charge on any atom is -0.456 e. The number of nitrogens with zero attached hydrogens (tertiary/aromatic N) is 3. The van der Waals surface area contributed by atoms with Crippen LogP contribution >= 0.6 is 11.8 Å². The van der Waals surface area contributed by atoms with E-state index in [-0.39, 0.29) is 30.2 Å². The summed E-state index contributed by atoms with van der Waals surface area (Å²) in [4.78, 5) is 29.0. The van der Waals surface area contributed by atoms with Crippen LogP contribution in [0.5, 0.6) is 11.5 Å². The fourth-order valence-electron chi connectivity index (χ4n) is 3.60. The van der Waals surface area contributed by atoms with Gasteiger partial charge in [-0.15, -0.1) is 0 Å². The number of imide groups is 1. The number of hydrogen-bond donors (Lipinski definition) is 0. The van der Waals surface area contributed by atoms with Crippen LogP contribution in [0.15, 0.2) is 51.9 Å². The number of amides is 2. The predicted octanol–water partition coefficient (Wildman–Crippen LogP) is 6.44. The zero-order chi connectivity index (χ0) is 27.2. The molecule has 1 aliphatic rings. The van der Waals surface area contributed by atoms with Gasteiger partial charge in [0, 0.05) is 12.0 Å². The number of ether oxygens (including phenoxy) is 1. The number of thioether (sulfide) groups is 1. The van der Waals surface area contributed by atoms with Crippen molar-refractivity contribution in [1.29, 1.82) is 0 Å². The number of aromatic nitrogens is 2. The highest BCUT2D eigenvalue weighted by Crippen LogP contribution is 2.45. The Labute approximate surface area is 209 Å². The van der Waals surface area contributed by atoms with Gasteiger partial charge >= 0.3 is 11.7 Å². The molecule has 1 aliphatic heterocycles. The lowest BCUT2D eigenvalue weighted by Crippen LogP contribution is -2.32. The Morgan fingerprint density at radius 1 is 1.05 bits per heavy atom. The first-order valence-corrected chi connectivity index (χ1v) is 11.4. The zero-order valence-corrected chi connectivity index (χ0v) is 19.9. The van der Waals surface area contributed by atoms with Gasteiger partial charge in [0.25, 0.3) is 0 Å². The molecule has 0 N–H and O–H groups in total. The molecule has 2 amide bonds. The second-order valence-electron chi connectivity index (χ2n) is 8.66. The third-order valence-electron chi connectivity index (χ3n) is 5.32. The van der Waals surface area contributed by atoms with E-state index < -0.39 is 62.6 Å². The number of rotatable bonds is 6. The van der Waals surface area contributed by atoms with Crippen LogP contribution in [0.3, 0.4) is 0 Å². The zero-order valence-electron chi connectivity index (χ0n) is 19.1. The van der Waals surface area contributed by atoms with Gasteiger partial charge in [-0.25, -0.2) is 0 Å². The predicted molar refractivity (Wildman–Crippen MR) is 117 cm³/mol. The molecular formula is C23H17F6N3O4S. The average Bonchev–Trinajstić information content (AvgIpc) is 3.32. The molecule has 1 fully saturated rings. The molecule has 3 aromatic rings. The number of hydrogen-bond acceptors (Lipinski definition) is 7. The Morgan fingerprint density at radius 2 is 1.76 bits per heavy atom. The number of likely N-dealkylation sites (tertiary alicyclic amines) is 1. The van der Waals surface area contributed by atoms with E-state index in [0.717, 1.165) is 23.1 Å². The molecule has 196 valence electrons. The number of benzene rings is 2. The first kappa shape index (κ1) is 26.5. The van der Waals surface area contributed by atoms with Crippen molar-refractivity contribution >= 4 is 23.6 Å². The summed E-state index contributed by atoms with van der Waals surface area (Å²) in [6.07, 6.45) is -4.95. The van der Waals surface area contributed by atoms with E-state index in [9.17, 15) is 35.9 Å². The summed E-state index contributed by atoms with van der Waals surface area (Å²) < 4.78 is 90.3. The summed E-state index contributed by atoms with van der Waals surface area (Å²) in [6.45, 7) is 2.87. The maximum absolute atomic E-state index is 13.8. The highest BCUT2D eigenvalue weighted by atomic mass is 32.2. The second-order valence-corrected chi connectivity index (χ2v) is 9.77. The topological polar surface area (TPSA) is 85.5 Å². The molecule has 37 heavy (non-hydrogen) atoms. The number of alkyl halides is 6. The van der Waals surface area contributed by atoms with Crippen molar-refractivity contribution in [3.63, 3.8) is 0 Å². The van der Waals surface area contributed by atoms with Crippen molar-refractivity contribution in [2.45, 2.75) is 43.4 Å². The minimum absolute atomic E-state index is 0.00611. The number of carbonyl (C=O) groups is 2. The standard InChI is InChI=1S/C23H17F6N3O4S/c1-21(2)10-18(33)32(20(21)34)11-17-30-19(31-36-17)12-7-8-14(13(9-12)22(24,25)26)35-15-5-3-4-6-16(15)37-23(27,28)29/h3-9H,10-11H2,1-2H3. The summed E-state index contributed by atoms with van der Waals surface area (Å²) in [6, 6.07) is 7.59. The summed E-state index contributed by atoms with van der Waals surface area (Å²) >= 11 is -0.515. The fourth-order valence-corrected chi connectivity index (χ4v) is 4.21. The molecule has 0 atom stereocenters. The van der Waals surface area contributed by atoms with Crippen molar-refractivity contribution < 1.29 is 45.2 Å². The number of carbonyl (C=O) groups excluding carboxylic acids is 2. The third-order valence-corrected chi connectivity index (χ3v) is 6.11. The maximum atomic E-state index is 13.8. The molecule has 0 aliphatic carbocycles. The molecule has 14 heteroatoms. The summed E-state index contributed by atoms with van der Waals surface area (Å²) in [5.74, 6) is -2.44. The van der Waals surface area contributed by atoms with Crippen LogP contribution in [0.1, 0.15) is 31.7 Å². The molecule has 2 aromatic carbocycles. The van der Waals surface area contributed by atoms with Gasteiger partial charge in [0.1, 0.15) is 18.0 Å². The van der Waals surface area contributed by atoms with E-state index >= 15 is 0 Å². The molecule has 4 rings (SSSR count). The fraction of sp³-hybridized carbons (Fsp3) is 0.304. The van der Waals surface area contributed by atoms with Crippen LogP contribution in [-0.4, -0.2) is 32.4 Å². The quantitative estimate of drug-likeness (QED) is 0.200. The van der Waals surface area contributed by atoms with Crippen LogP contribution in [-0.2, 0) is 22.3 Å². The Bertz CT molecular complexity index is 1350. The maximum Gasteiger partial charge on any atom is 0.446 e. The Balaban J connectivity index is 1.62. The first-order chi connectivity index (χ1) is 17.1. The van der Waals surface area contributed by atoms with E-state index in [4.69, 9.17) is 9.26 Å². The molecule has 0 radical (unpaired) electrons. The Hall–Kier alpha value is -3.55. The van der Waals surface area contributed by atoms with Crippen LogP contribution in [0, 0.1) is 5.41 Å². The molecule has 2 heterocycles. The van der Waals surface area contributed by atoms with E-state index in [1.54, 1.807) is 13.8 Å². The smallest absolute Gasteiger partial charge is 0.446 e. The van der Waals surface area contributed by atoms with E-state index in [1.165, 1.54) is 18.2 Å². The summed E-state index contributed by atoms with van der Waals surface area (Å²) in [7, 11) is 0. The SMILES string of the molecule is CC1(C)CC(=O)N(Cc2nc(-c3ccc(Oc4ccccc4SC(F)(F)F)c(C(F)(F)F)c3)no2)C1=O. The Kier molecular flexibility index (Phi) is 6.73. The lowest BCUT2D eigenvalue weighted by molar-refractivity contribution is -0.142. The van der Waals surface area contributed by atoms with Gasteiger partial charge in [0.15, 0.2) is 0 Å². The Morgan fingerprint density at radius 3 is 2.38 bits per heavy atom. The summed E-state index contributed by atoms with van der Waals surface area (Å²) in [5, 5.41) is 3.63. The van der Waals surface area contributed by atoms with Gasteiger partial charge in [-0.2, -0.15) is 31.3 Å². The molecule has 0 unspecified atom stereocenters. The lowest BCUT2D eigenvalue weighted by atomic mass is 9.92. The first-order valence-electron chi connectivity index (χ1n) is 10.6. The van der Waals surface area contributed by atoms with Gasteiger partial charge in [-0.05, 0) is 42.1 Å². The molecule has 7 nitrogen and oxygen atoms in total. The molecule has 0 saturated carbocycles. The largest absolute Gasteiger partial charge is 0.456 e. The van der Waals surface area contributed by atoms with Crippen molar-refractivity contribution in [2.24, 2.45) is 5.41 Å². The number of halogens is 6. The highest BCUT2D eigenvalue weighted by Gasteiger charge is 2.45. The van der Waals surface area contributed by atoms with Gasteiger partial charge in [-0.1, -0.05) is 31.1 Å². The molecular weight excluding hydrogens is 528 g/mol. The molecule has 0 spiro atoms.